The van der Waals surface area contributed by atoms with Crippen LogP contribution in [0, 0.1) is 0 Å². The molecule has 0 aromatic carbocycles. The number of unbranched alkanes of at least 4 members (excludes halogenated alkanes) is 30. The lowest BCUT2D eigenvalue weighted by Crippen LogP contribution is -2.30. The molecule has 1 unspecified atom stereocenters. The number of carbonyl (C=O) groups is 3. The summed E-state index contributed by atoms with van der Waals surface area (Å²) in [6.07, 6.45) is 89.8. The highest BCUT2D eigenvalue weighted by Crippen LogP contribution is 2.17. The third-order valence-corrected chi connectivity index (χ3v) is 14.0. The van der Waals surface area contributed by atoms with Gasteiger partial charge in [0.1, 0.15) is 13.2 Å². The summed E-state index contributed by atoms with van der Waals surface area (Å²) in [5.41, 5.74) is 0. The maximum absolute atomic E-state index is 12.9. The Morgan fingerprint density at radius 2 is 0.500 bits per heavy atom. The molecule has 6 heteroatoms. The quantitative estimate of drug-likeness (QED) is 0.0261. The fourth-order valence-corrected chi connectivity index (χ4v) is 9.17. The summed E-state index contributed by atoms with van der Waals surface area (Å²) in [6, 6.07) is 0. The lowest BCUT2D eigenvalue weighted by atomic mass is 10.0. The van der Waals surface area contributed by atoms with Crippen molar-refractivity contribution in [1.82, 2.24) is 0 Å². The minimum atomic E-state index is -0.789. The van der Waals surface area contributed by atoms with Crippen molar-refractivity contribution in [2.75, 3.05) is 13.2 Å². The smallest absolute Gasteiger partial charge is 0.306 e. The maximum atomic E-state index is 12.9. The van der Waals surface area contributed by atoms with Crippen molar-refractivity contribution in [2.45, 2.75) is 316 Å². The van der Waals surface area contributed by atoms with Gasteiger partial charge in [0.05, 0.1) is 0 Å². The maximum Gasteiger partial charge on any atom is 0.306 e. The van der Waals surface area contributed by atoms with Crippen LogP contribution in [0.15, 0.2) is 109 Å². The Labute approximate surface area is 482 Å². The molecule has 0 aliphatic rings. The van der Waals surface area contributed by atoms with Gasteiger partial charge in [0.2, 0.25) is 0 Å². The fourth-order valence-electron chi connectivity index (χ4n) is 9.17. The molecular formula is C72H122O6. The zero-order valence-corrected chi connectivity index (χ0v) is 51.2. The molecular weight excluding hydrogens is 961 g/mol. The molecule has 0 bridgehead atoms. The Hall–Kier alpha value is -3.93. The van der Waals surface area contributed by atoms with Crippen LogP contribution in [0.2, 0.25) is 0 Å². The van der Waals surface area contributed by atoms with Gasteiger partial charge in [-0.1, -0.05) is 297 Å². The fraction of sp³-hybridized carbons (Fsp3) is 0.708. The molecule has 6 nitrogen and oxygen atoms in total. The largest absolute Gasteiger partial charge is 0.462 e. The van der Waals surface area contributed by atoms with E-state index in [2.05, 4.69) is 130 Å². The highest BCUT2D eigenvalue weighted by molar-refractivity contribution is 5.71. The van der Waals surface area contributed by atoms with E-state index in [1.165, 1.54) is 141 Å². The van der Waals surface area contributed by atoms with Gasteiger partial charge in [0.15, 0.2) is 6.10 Å². The van der Waals surface area contributed by atoms with Crippen LogP contribution >= 0.6 is 0 Å². The first-order valence-corrected chi connectivity index (χ1v) is 32.9. The van der Waals surface area contributed by atoms with Gasteiger partial charge in [-0.2, -0.15) is 0 Å². The molecule has 0 heterocycles. The molecule has 0 aliphatic carbocycles. The summed E-state index contributed by atoms with van der Waals surface area (Å²) in [4.78, 5) is 38.2. The van der Waals surface area contributed by atoms with Gasteiger partial charge < -0.3 is 14.2 Å². The second-order valence-corrected chi connectivity index (χ2v) is 21.6. The molecule has 0 aliphatic heterocycles. The van der Waals surface area contributed by atoms with Crippen molar-refractivity contribution >= 4 is 17.9 Å². The Bertz CT molecular complexity index is 1570. The van der Waals surface area contributed by atoms with Crippen LogP contribution in [0.4, 0.5) is 0 Å². The van der Waals surface area contributed by atoms with E-state index < -0.39 is 6.10 Å². The van der Waals surface area contributed by atoms with Crippen molar-refractivity contribution in [2.24, 2.45) is 0 Å². The van der Waals surface area contributed by atoms with Crippen molar-refractivity contribution in [1.29, 1.82) is 0 Å². The van der Waals surface area contributed by atoms with Crippen LogP contribution < -0.4 is 0 Å². The Morgan fingerprint density at radius 3 is 0.782 bits per heavy atom. The van der Waals surface area contributed by atoms with Gasteiger partial charge in [-0.3, -0.25) is 14.4 Å². The third-order valence-electron chi connectivity index (χ3n) is 14.0. The highest BCUT2D eigenvalue weighted by Gasteiger charge is 2.19. The molecule has 0 spiro atoms. The van der Waals surface area contributed by atoms with E-state index in [-0.39, 0.29) is 31.1 Å². The Morgan fingerprint density at radius 1 is 0.269 bits per heavy atom. The highest BCUT2D eigenvalue weighted by atomic mass is 16.6. The number of carbonyl (C=O) groups excluding carboxylic acids is 3. The minimum absolute atomic E-state index is 0.0845. The first-order chi connectivity index (χ1) is 38.5. The number of allylic oxidation sites excluding steroid dienone is 18. The molecule has 0 aromatic rings. The summed E-state index contributed by atoms with van der Waals surface area (Å²) in [6.45, 7) is 6.40. The number of ether oxygens (including phenoxy) is 3. The monoisotopic (exact) mass is 1080 g/mol. The van der Waals surface area contributed by atoms with Crippen molar-refractivity contribution in [3.63, 3.8) is 0 Å². The van der Waals surface area contributed by atoms with Crippen LogP contribution in [0.3, 0.4) is 0 Å². The number of hydrogen-bond acceptors (Lipinski definition) is 6. The third kappa shape index (κ3) is 62.9. The second kappa shape index (κ2) is 65.6. The predicted octanol–water partition coefficient (Wildman–Crippen LogP) is 22.6. The summed E-state index contributed by atoms with van der Waals surface area (Å²) in [5, 5.41) is 0. The molecule has 0 saturated heterocycles. The molecule has 0 aromatic heterocycles. The van der Waals surface area contributed by atoms with Gasteiger partial charge in [0, 0.05) is 19.3 Å². The van der Waals surface area contributed by atoms with Gasteiger partial charge in [-0.25, -0.2) is 0 Å². The number of hydrogen-bond donors (Lipinski definition) is 0. The Balaban J connectivity index is 4.14. The van der Waals surface area contributed by atoms with E-state index in [0.29, 0.717) is 19.3 Å². The van der Waals surface area contributed by atoms with E-state index in [9.17, 15) is 14.4 Å². The summed E-state index contributed by atoms with van der Waals surface area (Å²) >= 11 is 0. The second-order valence-electron chi connectivity index (χ2n) is 21.6. The molecule has 0 rings (SSSR count). The van der Waals surface area contributed by atoms with E-state index in [0.717, 1.165) is 128 Å². The summed E-state index contributed by atoms with van der Waals surface area (Å²) in [7, 11) is 0. The van der Waals surface area contributed by atoms with Crippen LogP contribution in [0.1, 0.15) is 310 Å². The summed E-state index contributed by atoms with van der Waals surface area (Å²) < 4.78 is 16.9. The Kier molecular flexibility index (Phi) is 62.3. The molecule has 0 saturated carbocycles. The minimum Gasteiger partial charge on any atom is -0.462 e. The molecule has 446 valence electrons. The first kappa shape index (κ1) is 74.1. The standard InChI is InChI=1S/C72H122O6/c1-4-7-10-13-16-19-22-24-26-28-29-30-31-32-33-34-35-36-37-38-39-40-41-42-43-45-46-48-50-53-56-59-62-65-71(74)77-68-69(67-76-70(73)64-61-58-55-52-21-18-15-12-9-6-3)78-72(75)66-63-60-57-54-51-49-47-44-27-25-23-20-17-14-11-8-5-2/h7-8,10-11,16-17,19-20,24-27,29-30,32-33,47,49,69H,4-6,9,12-15,18,21-23,28,31,34-46,48,50-68H2,1-3H3/b10-7-,11-8-,19-16-,20-17-,26-24-,27-25-,30-29-,33-32-,49-47-. The molecule has 78 heavy (non-hydrogen) atoms. The summed E-state index contributed by atoms with van der Waals surface area (Å²) in [5.74, 6) is -0.900. The molecule has 1 atom stereocenters. The van der Waals surface area contributed by atoms with Crippen LogP contribution in [0.5, 0.6) is 0 Å². The predicted molar refractivity (Wildman–Crippen MR) is 339 cm³/mol. The molecule has 0 amide bonds. The van der Waals surface area contributed by atoms with Gasteiger partial charge >= 0.3 is 17.9 Å². The van der Waals surface area contributed by atoms with E-state index in [1.54, 1.807) is 0 Å². The molecule has 0 N–H and O–H groups in total. The van der Waals surface area contributed by atoms with Crippen LogP contribution in [-0.4, -0.2) is 37.2 Å². The van der Waals surface area contributed by atoms with Crippen molar-refractivity contribution in [3.05, 3.63) is 109 Å². The topological polar surface area (TPSA) is 78.9 Å². The lowest BCUT2D eigenvalue weighted by molar-refractivity contribution is -0.167. The van der Waals surface area contributed by atoms with Crippen LogP contribution in [-0.2, 0) is 28.6 Å². The number of rotatable bonds is 59. The normalized spacial score (nSPS) is 12.8. The average molecular weight is 1080 g/mol. The van der Waals surface area contributed by atoms with Crippen molar-refractivity contribution in [3.8, 4) is 0 Å². The van der Waals surface area contributed by atoms with E-state index in [1.807, 2.05) is 0 Å². The zero-order valence-electron chi connectivity index (χ0n) is 51.2. The SMILES string of the molecule is CC/C=C\C/C=C\C/C=C\C/C=C\C/C=C\CCCCCCCCCCCCCCCCCCCC(=O)OCC(COC(=O)CCCCCCCCCCCC)OC(=O)CCCCCC/C=C\C/C=C\C/C=C\C/C=C\CC. The first-order valence-electron chi connectivity index (χ1n) is 32.9. The lowest BCUT2D eigenvalue weighted by Gasteiger charge is -2.18. The van der Waals surface area contributed by atoms with Crippen LogP contribution in [0.25, 0.3) is 0 Å². The van der Waals surface area contributed by atoms with Gasteiger partial charge in [0.25, 0.3) is 0 Å². The van der Waals surface area contributed by atoms with Gasteiger partial charge in [-0.15, -0.1) is 0 Å². The number of esters is 3. The van der Waals surface area contributed by atoms with Crippen molar-refractivity contribution < 1.29 is 28.6 Å². The molecule has 0 fully saturated rings. The van der Waals surface area contributed by atoms with E-state index in [4.69, 9.17) is 14.2 Å². The van der Waals surface area contributed by atoms with E-state index >= 15 is 0 Å². The zero-order chi connectivity index (χ0) is 56.4. The molecule has 0 radical (unpaired) electrons. The van der Waals surface area contributed by atoms with Gasteiger partial charge in [-0.05, 0) is 103 Å². The average Bonchev–Trinajstić information content (AvgIpc) is 3.44.